The Bertz CT molecular complexity index is 233. The molecule has 96 valence electrons. The van der Waals surface area contributed by atoms with E-state index in [0.29, 0.717) is 13.0 Å². The van der Waals surface area contributed by atoms with E-state index in [1.165, 1.54) is 7.11 Å². The van der Waals surface area contributed by atoms with Crippen LogP contribution in [0.15, 0.2) is 0 Å². The largest absolute Gasteiger partial charge is 0.467 e. The molecular weight excluding hydrogens is 224 g/mol. The van der Waals surface area contributed by atoms with E-state index in [0.717, 1.165) is 0 Å². The van der Waals surface area contributed by atoms with E-state index < -0.39 is 20.4 Å². The average molecular weight is 248 g/mol. The summed E-state index contributed by atoms with van der Waals surface area (Å²) in [7, 11) is -0.516. The molecule has 0 heterocycles. The minimum absolute atomic E-state index is 0.142. The number of aliphatic hydroxyl groups is 1. The average Bonchev–Trinajstić information content (AvgIpc) is 2.14. The topological polar surface area (TPSA) is 55.8 Å². The zero-order valence-electron chi connectivity index (χ0n) is 11.2. The second-order valence-electron chi connectivity index (χ2n) is 5.44. The molecule has 4 nitrogen and oxygen atoms in total. The predicted octanol–water partition coefficient (Wildman–Crippen LogP) is 1.93. The summed E-state index contributed by atoms with van der Waals surface area (Å²) in [6, 6.07) is 0. The molecule has 1 N–H and O–H groups in total. The Labute approximate surface area is 99.1 Å². The number of carbonyl (C=O) groups is 1. The van der Waals surface area contributed by atoms with Gasteiger partial charge in [-0.05, 0) is 18.1 Å². The number of hydrogen-bond acceptors (Lipinski definition) is 4. The van der Waals surface area contributed by atoms with Gasteiger partial charge in [-0.15, -0.1) is 0 Å². The van der Waals surface area contributed by atoms with Gasteiger partial charge in [0.2, 0.25) is 0 Å². The molecule has 5 heteroatoms. The number of hydrogen-bond donors (Lipinski definition) is 1. The molecule has 0 aliphatic rings. The summed E-state index contributed by atoms with van der Waals surface area (Å²) in [5, 5.41) is 9.52. The van der Waals surface area contributed by atoms with Crippen LogP contribution in [0.3, 0.4) is 0 Å². The van der Waals surface area contributed by atoms with Gasteiger partial charge in [-0.1, -0.05) is 20.8 Å². The first kappa shape index (κ1) is 15.6. The van der Waals surface area contributed by atoms with Crippen molar-refractivity contribution in [1.82, 2.24) is 0 Å². The summed E-state index contributed by atoms with van der Waals surface area (Å²) in [6.45, 7) is 11.1. The maximum Gasteiger partial charge on any atom is 0.334 e. The van der Waals surface area contributed by atoms with Crippen LogP contribution in [0.2, 0.25) is 18.1 Å². The number of ether oxygens (including phenoxy) is 1. The maximum atomic E-state index is 10.9. The van der Waals surface area contributed by atoms with Gasteiger partial charge in [0.1, 0.15) is 0 Å². The molecule has 0 fully saturated rings. The van der Waals surface area contributed by atoms with Crippen molar-refractivity contribution in [2.45, 2.75) is 51.4 Å². The van der Waals surface area contributed by atoms with Gasteiger partial charge in [0, 0.05) is 13.0 Å². The van der Waals surface area contributed by atoms with Crippen LogP contribution < -0.4 is 0 Å². The minimum atomic E-state index is -1.78. The van der Waals surface area contributed by atoms with Crippen LogP contribution in [0.25, 0.3) is 0 Å². The molecule has 0 rings (SSSR count). The number of methoxy groups -OCH3 is 1. The molecular formula is C11H24O4Si. The van der Waals surface area contributed by atoms with E-state index in [2.05, 4.69) is 38.6 Å². The molecule has 0 aliphatic carbocycles. The van der Waals surface area contributed by atoms with E-state index in [4.69, 9.17) is 4.43 Å². The first-order chi connectivity index (χ1) is 7.12. The summed E-state index contributed by atoms with van der Waals surface area (Å²) >= 11 is 0. The fourth-order valence-corrected chi connectivity index (χ4v) is 1.96. The van der Waals surface area contributed by atoms with Crippen molar-refractivity contribution >= 4 is 14.3 Å². The smallest absolute Gasteiger partial charge is 0.334 e. The normalized spacial score (nSPS) is 14.7. The molecule has 0 spiro atoms. The lowest BCUT2D eigenvalue weighted by Gasteiger charge is -2.36. The third kappa shape index (κ3) is 4.63. The predicted molar refractivity (Wildman–Crippen MR) is 65.8 cm³/mol. The SMILES string of the molecule is COC(=O)C(O)CCO[Si](C)(C)C(C)(C)C. The number of rotatable bonds is 5. The highest BCUT2D eigenvalue weighted by atomic mass is 28.4. The minimum Gasteiger partial charge on any atom is -0.467 e. The van der Waals surface area contributed by atoms with Crippen LogP contribution >= 0.6 is 0 Å². The van der Waals surface area contributed by atoms with E-state index in [1.807, 2.05) is 0 Å². The molecule has 1 atom stereocenters. The zero-order chi connectivity index (χ0) is 13.0. The first-order valence-corrected chi connectivity index (χ1v) is 8.42. The Morgan fingerprint density at radius 2 is 1.88 bits per heavy atom. The molecule has 16 heavy (non-hydrogen) atoms. The van der Waals surface area contributed by atoms with E-state index >= 15 is 0 Å². The summed E-state index contributed by atoms with van der Waals surface area (Å²) < 4.78 is 10.3. The highest BCUT2D eigenvalue weighted by Gasteiger charge is 2.37. The van der Waals surface area contributed by atoms with Crippen molar-refractivity contribution < 1.29 is 19.1 Å². The second-order valence-corrected chi connectivity index (χ2v) is 10.2. The summed E-state index contributed by atoms with van der Waals surface area (Å²) in [6.07, 6.45) is -0.783. The van der Waals surface area contributed by atoms with Crippen LogP contribution in [-0.4, -0.2) is 39.2 Å². The standard InChI is InChI=1S/C11H24O4Si/c1-11(2,3)16(5,6)15-8-7-9(12)10(13)14-4/h9,12H,7-8H2,1-6H3. The quantitative estimate of drug-likeness (QED) is 0.596. The molecule has 0 aromatic heterocycles. The second kappa shape index (κ2) is 5.79. The van der Waals surface area contributed by atoms with Gasteiger partial charge in [-0.25, -0.2) is 4.79 Å². The van der Waals surface area contributed by atoms with Crippen molar-refractivity contribution in [3.63, 3.8) is 0 Å². The molecule has 0 bridgehead atoms. The van der Waals surface area contributed by atoms with Gasteiger partial charge in [0.25, 0.3) is 0 Å². The van der Waals surface area contributed by atoms with Crippen molar-refractivity contribution in [2.24, 2.45) is 0 Å². The van der Waals surface area contributed by atoms with Gasteiger partial charge in [-0.2, -0.15) is 0 Å². The van der Waals surface area contributed by atoms with Crippen LogP contribution in [0.4, 0.5) is 0 Å². The highest BCUT2D eigenvalue weighted by molar-refractivity contribution is 6.74. The van der Waals surface area contributed by atoms with Gasteiger partial charge >= 0.3 is 5.97 Å². The lowest BCUT2D eigenvalue weighted by Crippen LogP contribution is -2.41. The van der Waals surface area contributed by atoms with Gasteiger partial charge < -0.3 is 14.3 Å². The lowest BCUT2D eigenvalue weighted by molar-refractivity contribution is -0.151. The summed E-state index contributed by atoms with van der Waals surface area (Å²) in [5.41, 5.74) is 0. The maximum absolute atomic E-state index is 10.9. The fourth-order valence-electron chi connectivity index (χ4n) is 0.896. The number of carbonyl (C=O) groups excluding carboxylic acids is 1. The molecule has 0 saturated heterocycles. The fraction of sp³-hybridized carbons (Fsp3) is 0.909. The van der Waals surface area contributed by atoms with Crippen molar-refractivity contribution in [3.05, 3.63) is 0 Å². The molecule has 0 radical (unpaired) electrons. The van der Waals surface area contributed by atoms with E-state index in [-0.39, 0.29) is 5.04 Å². The highest BCUT2D eigenvalue weighted by Crippen LogP contribution is 2.36. The first-order valence-electron chi connectivity index (χ1n) is 5.51. The molecule has 0 aliphatic heterocycles. The Morgan fingerprint density at radius 1 is 1.38 bits per heavy atom. The zero-order valence-corrected chi connectivity index (χ0v) is 12.2. The van der Waals surface area contributed by atoms with Gasteiger partial charge in [0.05, 0.1) is 7.11 Å². The Morgan fingerprint density at radius 3 is 2.25 bits per heavy atom. The van der Waals surface area contributed by atoms with Crippen LogP contribution in [0, 0.1) is 0 Å². The lowest BCUT2D eigenvalue weighted by atomic mass is 10.2. The number of aliphatic hydroxyl groups excluding tert-OH is 1. The number of esters is 1. The van der Waals surface area contributed by atoms with Gasteiger partial charge in [-0.3, -0.25) is 0 Å². The molecule has 0 amide bonds. The molecule has 0 saturated carbocycles. The third-order valence-corrected chi connectivity index (χ3v) is 7.67. The monoisotopic (exact) mass is 248 g/mol. The third-order valence-electron chi connectivity index (χ3n) is 3.13. The Kier molecular flexibility index (Phi) is 5.65. The van der Waals surface area contributed by atoms with Crippen molar-refractivity contribution in [1.29, 1.82) is 0 Å². The summed E-state index contributed by atoms with van der Waals surface area (Å²) in [4.78, 5) is 10.9. The van der Waals surface area contributed by atoms with Crippen LogP contribution in [0.1, 0.15) is 27.2 Å². The molecule has 0 aromatic carbocycles. The Balaban J connectivity index is 4.04. The molecule has 1 unspecified atom stereocenters. The van der Waals surface area contributed by atoms with Crippen LogP contribution in [-0.2, 0) is 14.0 Å². The van der Waals surface area contributed by atoms with E-state index in [9.17, 15) is 9.90 Å². The van der Waals surface area contributed by atoms with Crippen molar-refractivity contribution in [2.75, 3.05) is 13.7 Å². The van der Waals surface area contributed by atoms with Crippen molar-refractivity contribution in [3.8, 4) is 0 Å². The van der Waals surface area contributed by atoms with E-state index in [1.54, 1.807) is 0 Å². The molecule has 0 aromatic rings. The van der Waals surface area contributed by atoms with Crippen LogP contribution in [0.5, 0.6) is 0 Å². The summed E-state index contributed by atoms with van der Waals surface area (Å²) in [5.74, 6) is -0.598. The van der Waals surface area contributed by atoms with Gasteiger partial charge in [0.15, 0.2) is 14.4 Å². The Hall–Kier alpha value is -0.393.